The summed E-state index contributed by atoms with van der Waals surface area (Å²) in [6, 6.07) is 7.93. The molecule has 0 amide bonds. The van der Waals surface area contributed by atoms with Crippen molar-refractivity contribution >= 4 is 35.8 Å². The van der Waals surface area contributed by atoms with Crippen molar-refractivity contribution in [3.8, 4) is 11.8 Å². The summed E-state index contributed by atoms with van der Waals surface area (Å²) in [4.78, 5) is 4.22. The molecule has 10 nitrogen and oxygen atoms in total. The Kier molecular flexibility index (Phi) is 10.0. The van der Waals surface area contributed by atoms with Gasteiger partial charge in [-0.05, 0) is 37.1 Å². The van der Waals surface area contributed by atoms with Crippen LogP contribution in [0.4, 0.5) is 10.2 Å². The van der Waals surface area contributed by atoms with E-state index < -0.39 is 0 Å². The van der Waals surface area contributed by atoms with Crippen LogP contribution in [0, 0.1) is 17.1 Å². The molecule has 0 aliphatic rings. The fourth-order valence-electron chi connectivity index (χ4n) is 3.27. The molecule has 0 aliphatic carbocycles. The number of nitriles is 1. The quantitative estimate of drug-likeness (QED) is 0.156. The predicted molar refractivity (Wildman–Crippen MR) is 135 cm³/mol. The first kappa shape index (κ1) is 26.0. The van der Waals surface area contributed by atoms with Crippen molar-refractivity contribution in [2.45, 2.75) is 32.7 Å². The van der Waals surface area contributed by atoms with E-state index in [1.54, 1.807) is 25.5 Å². The summed E-state index contributed by atoms with van der Waals surface area (Å²) in [5.41, 5.74) is 7.66. The molecule has 0 unspecified atom stereocenters. The number of hydrogen-bond acceptors (Lipinski definition) is 6. The van der Waals surface area contributed by atoms with E-state index in [1.807, 2.05) is 11.5 Å². The largest absolute Gasteiger partial charge is 0.382 e. The molecule has 0 radical (unpaired) electrons. The fraction of sp³-hybridized carbons (Fsp3) is 0.381. The zero-order valence-corrected chi connectivity index (χ0v) is 21.0. The minimum atomic E-state index is -0.346. The lowest BCUT2D eigenvalue weighted by Gasteiger charge is -2.12. The summed E-state index contributed by atoms with van der Waals surface area (Å²) >= 11 is 0. The van der Waals surface area contributed by atoms with Crippen LogP contribution >= 0.6 is 24.0 Å². The number of rotatable bonds is 9. The van der Waals surface area contributed by atoms with Crippen molar-refractivity contribution in [3.63, 3.8) is 0 Å². The van der Waals surface area contributed by atoms with Gasteiger partial charge in [-0.3, -0.25) is 4.99 Å². The van der Waals surface area contributed by atoms with Crippen LogP contribution in [-0.2, 0) is 19.4 Å². The summed E-state index contributed by atoms with van der Waals surface area (Å²) < 4.78 is 16.7. The lowest BCUT2D eigenvalue weighted by atomic mass is 10.1. The van der Waals surface area contributed by atoms with E-state index in [9.17, 15) is 9.65 Å². The third-order valence-corrected chi connectivity index (χ3v) is 4.94. The van der Waals surface area contributed by atoms with Crippen LogP contribution < -0.4 is 16.4 Å². The van der Waals surface area contributed by atoms with Gasteiger partial charge in [-0.25, -0.2) is 9.07 Å². The number of nitrogens with two attached hydrogens (primary N) is 1. The molecule has 1 aromatic carbocycles. The van der Waals surface area contributed by atoms with Crippen molar-refractivity contribution < 1.29 is 4.39 Å². The summed E-state index contributed by atoms with van der Waals surface area (Å²) in [7, 11) is 1.71. The van der Waals surface area contributed by atoms with Gasteiger partial charge in [0.25, 0.3) is 0 Å². The monoisotopic (exact) mass is 566 g/mol. The van der Waals surface area contributed by atoms with Crippen molar-refractivity contribution in [1.82, 2.24) is 35.2 Å². The first-order valence-electron chi connectivity index (χ1n) is 10.4. The number of nitrogens with zero attached hydrogens (tertiary/aromatic N) is 7. The molecule has 3 rings (SSSR count). The highest BCUT2D eigenvalue weighted by molar-refractivity contribution is 14.0. The van der Waals surface area contributed by atoms with Gasteiger partial charge < -0.3 is 20.9 Å². The maximum atomic E-state index is 13.2. The van der Waals surface area contributed by atoms with Crippen LogP contribution in [0.25, 0.3) is 5.69 Å². The highest BCUT2D eigenvalue weighted by atomic mass is 127. The van der Waals surface area contributed by atoms with E-state index in [-0.39, 0.29) is 35.6 Å². The number of nitrogens with one attached hydrogen (secondary N) is 2. The number of guanidine groups is 1. The zero-order chi connectivity index (χ0) is 22.9. The predicted octanol–water partition coefficient (Wildman–Crippen LogP) is 2.03. The zero-order valence-electron chi connectivity index (χ0n) is 18.6. The number of aliphatic imine (C=N–C) groups is 1. The average molecular weight is 566 g/mol. The molecule has 3 aromatic rings. The molecule has 0 saturated carbocycles. The minimum Gasteiger partial charge on any atom is -0.382 e. The Balaban J connectivity index is 0.00000385. The van der Waals surface area contributed by atoms with Crippen molar-refractivity contribution in [2.24, 2.45) is 4.99 Å². The molecule has 0 atom stereocenters. The molecule has 12 heteroatoms. The summed E-state index contributed by atoms with van der Waals surface area (Å²) in [5, 5.41) is 28.5. The van der Waals surface area contributed by atoms with Crippen molar-refractivity contribution in [1.29, 1.82) is 5.26 Å². The summed E-state index contributed by atoms with van der Waals surface area (Å²) in [5.74, 6) is 1.54. The van der Waals surface area contributed by atoms with Crippen molar-refractivity contribution in [3.05, 3.63) is 53.5 Å². The highest BCUT2D eigenvalue weighted by Gasteiger charge is 2.16. The second kappa shape index (κ2) is 12.7. The molecule has 4 N–H and O–H groups in total. The van der Waals surface area contributed by atoms with E-state index in [1.165, 1.54) is 16.8 Å². The number of benzene rings is 1. The molecule has 0 saturated heterocycles. The summed E-state index contributed by atoms with van der Waals surface area (Å²) in [6.45, 7) is 4.10. The first-order chi connectivity index (χ1) is 15.6. The SMILES string of the molecule is CCc1nncn1CCNC(=NC)NCCCc1nn(-c2ccc(F)cc2)c(N)c1C#N.I. The number of aryl methyl sites for hydroxylation is 2. The minimum absolute atomic E-state index is 0. The van der Waals surface area contributed by atoms with Gasteiger partial charge in [-0.15, -0.1) is 34.2 Å². The van der Waals surface area contributed by atoms with E-state index in [4.69, 9.17) is 5.73 Å². The standard InChI is InChI=1S/C21H27FN10.HI/c1-3-19-29-28-14-31(19)12-11-27-21(25-2)26-10-4-5-18-17(13-23)20(24)32(30-18)16-8-6-15(22)7-9-16;/h6-9,14H,3-5,10-12,24H2,1-2H3,(H2,25,26,27);1H. The number of anilines is 1. The lowest BCUT2D eigenvalue weighted by Crippen LogP contribution is -2.39. The maximum Gasteiger partial charge on any atom is 0.191 e. The van der Waals surface area contributed by atoms with Crippen LogP contribution in [0.1, 0.15) is 30.4 Å². The van der Waals surface area contributed by atoms with Crippen LogP contribution in [0.2, 0.25) is 0 Å². The Bertz CT molecular complexity index is 1100. The van der Waals surface area contributed by atoms with E-state index in [0.717, 1.165) is 25.2 Å². The van der Waals surface area contributed by atoms with Crippen LogP contribution in [0.15, 0.2) is 35.6 Å². The van der Waals surface area contributed by atoms with Crippen LogP contribution in [-0.4, -0.2) is 50.6 Å². The Morgan fingerprint density at radius 1 is 1.24 bits per heavy atom. The van der Waals surface area contributed by atoms with Gasteiger partial charge in [-0.1, -0.05) is 6.92 Å². The maximum absolute atomic E-state index is 13.2. The third-order valence-electron chi connectivity index (χ3n) is 4.94. The molecule has 0 fully saturated rings. The Morgan fingerprint density at radius 2 is 1.97 bits per heavy atom. The van der Waals surface area contributed by atoms with Gasteiger partial charge in [0.15, 0.2) is 5.96 Å². The van der Waals surface area contributed by atoms with Gasteiger partial charge >= 0.3 is 0 Å². The Morgan fingerprint density at radius 3 is 2.64 bits per heavy atom. The molecule has 2 heterocycles. The van der Waals surface area contributed by atoms with Crippen LogP contribution in [0.3, 0.4) is 0 Å². The van der Waals surface area contributed by atoms with Gasteiger partial charge in [0.1, 0.15) is 35.4 Å². The number of aromatic nitrogens is 5. The van der Waals surface area contributed by atoms with Gasteiger partial charge in [0.2, 0.25) is 0 Å². The van der Waals surface area contributed by atoms with E-state index in [0.29, 0.717) is 42.4 Å². The second-order valence-electron chi connectivity index (χ2n) is 7.03. The number of hydrogen-bond donors (Lipinski definition) is 3. The molecule has 0 bridgehead atoms. The highest BCUT2D eigenvalue weighted by Crippen LogP contribution is 2.21. The lowest BCUT2D eigenvalue weighted by molar-refractivity contribution is 0.626. The van der Waals surface area contributed by atoms with E-state index in [2.05, 4.69) is 37.0 Å². The molecule has 33 heavy (non-hydrogen) atoms. The first-order valence-corrected chi connectivity index (χ1v) is 10.4. The van der Waals surface area contributed by atoms with E-state index >= 15 is 0 Å². The molecular weight excluding hydrogens is 538 g/mol. The summed E-state index contributed by atoms with van der Waals surface area (Å²) in [6.07, 6.45) is 3.84. The number of nitrogen functional groups attached to an aromatic ring is 1. The smallest absolute Gasteiger partial charge is 0.191 e. The Labute approximate surface area is 209 Å². The van der Waals surface area contributed by atoms with Gasteiger partial charge in [-0.2, -0.15) is 10.4 Å². The normalized spacial score (nSPS) is 11.0. The molecule has 0 spiro atoms. The van der Waals surface area contributed by atoms with Crippen molar-refractivity contribution in [2.75, 3.05) is 25.9 Å². The Hall–Kier alpha value is -3.21. The molecule has 2 aromatic heterocycles. The average Bonchev–Trinajstić information content (AvgIpc) is 3.39. The molecule has 176 valence electrons. The topological polar surface area (TPSA) is 135 Å². The number of halogens is 2. The molecule has 0 aliphatic heterocycles. The molecular formula is C21H28FIN10. The second-order valence-corrected chi connectivity index (χ2v) is 7.03. The van der Waals surface area contributed by atoms with Gasteiger partial charge in [0.05, 0.1) is 11.4 Å². The third kappa shape index (κ3) is 6.64. The fourth-order valence-corrected chi connectivity index (χ4v) is 3.27. The van der Waals surface area contributed by atoms with Gasteiger partial charge in [0, 0.05) is 33.1 Å². The van der Waals surface area contributed by atoms with Crippen LogP contribution in [0.5, 0.6) is 0 Å².